The molecule has 1 N–H and O–H groups in total. The van der Waals surface area contributed by atoms with Crippen molar-refractivity contribution in [3.05, 3.63) is 10.8 Å². The molecule has 0 aliphatic carbocycles. The van der Waals surface area contributed by atoms with Gasteiger partial charge in [-0.15, -0.1) is 0 Å². The predicted octanol–water partition coefficient (Wildman–Crippen LogP) is 0.871. The molecule has 0 aliphatic rings. The number of aromatic nitrogens is 2. The lowest BCUT2D eigenvalue weighted by atomic mass is 10.5. The van der Waals surface area contributed by atoms with Gasteiger partial charge < -0.3 is 0 Å². The summed E-state index contributed by atoms with van der Waals surface area (Å²) in [7, 11) is -1.74. The summed E-state index contributed by atoms with van der Waals surface area (Å²) in [5, 5.41) is 3.84. The summed E-state index contributed by atoms with van der Waals surface area (Å²) in [5.41, 5.74) is 0. The number of hydrogen-bond donors (Lipinski definition) is 1. The molecule has 0 saturated carbocycles. The second kappa shape index (κ2) is 4.41. The normalized spacial score (nSPS) is 11.9. The second-order valence-corrected chi connectivity index (χ2v) is 5.31. The van der Waals surface area contributed by atoms with Crippen LogP contribution in [0.25, 0.3) is 0 Å². The second-order valence-electron chi connectivity index (χ2n) is 2.82. The van der Waals surface area contributed by atoms with Crippen LogP contribution in [0.5, 0.6) is 0 Å². The highest BCUT2D eigenvalue weighted by Crippen LogP contribution is 2.19. The Labute approximate surface area is 91.7 Å². The van der Waals surface area contributed by atoms with Crippen molar-refractivity contribution in [3.8, 4) is 0 Å². The highest BCUT2D eigenvalue weighted by atomic mass is 79.9. The van der Waals surface area contributed by atoms with E-state index >= 15 is 0 Å². The van der Waals surface area contributed by atoms with Crippen LogP contribution in [0.15, 0.2) is 15.7 Å². The lowest BCUT2D eigenvalue weighted by Gasteiger charge is -2.03. The number of aryl methyl sites for hydroxylation is 1. The van der Waals surface area contributed by atoms with Crippen molar-refractivity contribution in [2.75, 3.05) is 6.54 Å². The Bertz CT molecular complexity index is 413. The monoisotopic (exact) mass is 281 g/mol. The first-order chi connectivity index (χ1) is 6.49. The van der Waals surface area contributed by atoms with Gasteiger partial charge in [-0.05, 0) is 22.4 Å². The third kappa shape index (κ3) is 2.34. The Kier molecular flexibility index (Phi) is 3.68. The summed E-state index contributed by atoms with van der Waals surface area (Å²) >= 11 is 3.16. The minimum Gasteiger partial charge on any atom is -0.260 e. The molecule has 0 aliphatic heterocycles. The topological polar surface area (TPSA) is 64.0 Å². The fourth-order valence-corrected chi connectivity index (χ4v) is 2.90. The molecule has 80 valence electrons. The summed E-state index contributed by atoms with van der Waals surface area (Å²) in [6.45, 7) is 2.34. The zero-order valence-corrected chi connectivity index (χ0v) is 10.4. The first-order valence-corrected chi connectivity index (χ1v) is 6.44. The van der Waals surface area contributed by atoms with Crippen molar-refractivity contribution in [3.63, 3.8) is 0 Å². The van der Waals surface area contributed by atoms with Gasteiger partial charge in [0.15, 0.2) is 0 Å². The first kappa shape index (κ1) is 11.7. The van der Waals surface area contributed by atoms with E-state index in [4.69, 9.17) is 0 Å². The highest BCUT2D eigenvalue weighted by Gasteiger charge is 2.19. The van der Waals surface area contributed by atoms with Crippen molar-refractivity contribution < 1.29 is 8.42 Å². The van der Waals surface area contributed by atoms with E-state index in [1.54, 1.807) is 7.05 Å². The molecule has 0 atom stereocenters. The Hall–Kier alpha value is -0.400. The van der Waals surface area contributed by atoms with E-state index in [9.17, 15) is 8.42 Å². The molecule has 5 nitrogen and oxygen atoms in total. The van der Waals surface area contributed by atoms with Crippen LogP contribution in [-0.2, 0) is 17.1 Å². The van der Waals surface area contributed by atoms with Gasteiger partial charge in [0.1, 0.15) is 9.50 Å². The van der Waals surface area contributed by atoms with Crippen LogP contribution in [-0.4, -0.2) is 24.7 Å². The summed E-state index contributed by atoms with van der Waals surface area (Å²) in [4.78, 5) is 0.174. The molecular formula is C7H12BrN3O2S. The van der Waals surface area contributed by atoms with Gasteiger partial charge in [0, 0.05) is 13.6 Å². The maximum Gasteiger partial charge on any atom is 0.244 e. The molecule has 0 aromatic carbocycles. The molecule has 0 fully saturated rings. The molecule has 14 heavy (non-hydrogen) atoms. The SMILES string of the molecule is CCCNS(=O)(=O)c1cnn(C)c1Br. The van der Waals surface area contributed by atoms with E-state index < -0.39 is 10.0 Å². The third-order valence-corrected chi connectivity index (χ3v) is 4.33. The van der Waals surface area contributed by atoms with Crippen molar-refractivity contribution >= 4 is 26.0 Å². The molecule has 0 amide bonds. The molecule has 1 rings (SSSR count). The van der Waals surface area contributed by atoms with Crippen molar-refractivity contribution in [1.82, 2.24) is 14.5 Å². The molecule has 1 aromatic heterocycles. The Balaban J connectivity index is 2.99. The van der Waals surface area contributed by atoms with Crippen LogP contribution in [0, 0.1) is 0 Å². The molecule has 0 bridgehead atoms. The van der Waals surface area contributed by atoms with Crippen LogP contribution in [0.4, 0.5) is 0 Å². The first-order valence-electron chi connectivity index (χ1n) is 4.16. The predicted molar refractivity (Wildman–Crippen MR) is 56.4 cm³/mol. The fourth-order valence-electron chi connectivity index (χ4n) is 0.897. The van der Waals surface area contributed by atoms with Crippen LogP contribution >= 0.6 is 15.9 Å². The molecule has 0 radical (unpaired) electrons. The third-order valence-electron chi connectivity index (χ3n) is 1.67. The number of hydrogen-bond acceptors (Lipinski definition) is 3. The van der Waals surface area contributed by atoms with E-state index in [2.05, 4.69) is 25.8 Å². The van der Waals surface area contributed by atoms with Gasteiger partial charge in [0.05, 0.1) is 6.20 Å². The zero-order chi connectivity index (χ0) is 10.8. The lowest BCUT2D eigenvalue weighted by Crippen LogP contribution is -2.24. The van der Waals surface area contributed by atoms with Crippen LogP contribution in [0.1, 0.15) is 13.3 Å². The molecule has 0 saturated heterocycles. The van der Waals surface area contributed by atoms with E-state index in [-0.39, 0.29) is 4.90 Å². The van der Waals surface area contributed by atoms with Crippen LogP contribution in [0.3, 0.4) is 0 Å². The number of halogens is 1. The standard InChI is InChI=1S/C7H12BrN3O2S/c1-3-4-10-14(12,13)6-5-9-11(2)7(6)8/h5,10H,3-4H2,1-2H3. The van der Waals surface area contributed by atoms with Crippen LogP contribution < -0.4 is 4.72 Å². The summed E-state index contributed by atoms with van der Waals surface area (Å²) < 4.78 is 27.6. The summed E-state index contributed by atoms with van der Waals surface area (Å²) in [6, 6.07) is 0. The quantitative estimate of drug-likeness (QED) is 0.891. The van der Waals surface area contributed by atoms with Gasteiger partial charge in [-0.2, -0.15) is 5.10 Å². The van der Waals surface area contributed by atoms with E-state index in [1.165, 1.54) is 10.9 Å². The number of rotatable bonds is 4. The van der Waals surface area contributed by atoms with E-state index in [0.29, 0.717) is 11.1 Å². The summed E-state index contributed by atoms with van der Waals surface area (Å²) in [5.74, 6) is 0. The van der Waals surface area contributed by atoms with Crippen molar-refractivity contribution in [2.45, 2.75) is 18.2 Å². The van der Waals surface area contributed by atoms with Crippen molar-refractivity contribution in [2.24, 2.45) is 7.05 Å². The minimum atomic E-state index is -3.41. The molecule has 0 unspecified atom stereocenters. The smallest absolute Gasteiger partial charge is 0.244 e. The van der Waals surface area contributed by atoms with E-state index in [1.807, 2.05) is 6.92 Å². The number of sulfonamides is 1. The van der Waals surface area contributed by atoms with Gasteiger partial charge in [0.25, 0.3) is 0 Å². The largest absolute Gasteiger partial charge is 0.260 e. The molecule has 7 heteroatoms. The number of nitrogens with zero attached hydrogens (tertiary/aromatic N) is 2. The fraction of sp³-hybridized carbons (Fsp3) is 0.571. The maximum atomic E-state index is 11.6. The lowest BCUT2D eigenvalue weighted by molar-refractivity contribution is 0.580. The summed E-state index contributed by atoms with van der Waals surface area (Å²) in [6.07, 6.45) is 2.08. The Morgan fingerprint density at radius 2 is 2.29 bits per heavy atom. The molecular weight excluding hydrogens is 270 g/mol. The Morgan fingerprint density at radius 1 is 1.64 bits per heavy atom. The van der Waals surface area contributed by atoms with Crippen molar-refractivity contribution in [1.29, 1.82) is 0 Å². The minimum absolute atomic E-state index is 0.174. The maximum absolute atomic E-state index is 11.6. The molecule has 0 spiro atoms. The zero-order valence-electron chi connectivity index (χ0n) is 7.99. The van der Waals surface area contributed by atoms with Gasteiger partial charge in [-0.25, -0.2) is 13.1 Å². The van der Waals surface area contributed by atoms with E-state index in [0.717, 1.165) is 6.42 Å². The Morgan fingerprint density at radius 3 is 2.71 bits per heavy atom. The average molecular weight is 282 g/mol. The molecule has 1 aromatic rings. The molecule has 1 heterocycles. The van der Waals surface area contributed by atoms with Gasteiger partial charge in [-0.3, -0.25) is 4.68 Å². The van der Waals surface area contributed by atoms with Gasteiger partial charge in [0.2, 0.25) is 10.0 Å². The van der Waals surface area contributed by atoms with Crippen LogP contribution in [0.2, 0.25) is 0 Å². The van der Waals surface area contributed by atoms with Gasteiger partial charge in [-0.1, -0.05) is 6.92 Å². The number of nitrogens with one attached hydrogen (secondary N) is 1. The van der Waals surface area contributed by atoms with Gasteiger partial charge >= 0.3 is 0 Å². The average Bonchev–Trinajstić information content (AvgIpc) is 2.45. The highest BCUT2D eigenvalue weighted by molar-refractivity contribution is 9.10.